The molecule has 0 unspecified atom stereocenters. The Morgan fingerprint density at radius 1 is 1.09 bits per heavy atom. The molecule has 32 heavy (non-hydrogen) atoms. The first-order valence-electron chi connectivity index (χ1n) is 9.80. The number of hydrogen-bond donors (Lipinski definition) is 0. The quantitative estimate of drug-likeness (QED) is 0.350. The number of anilines is 1. The summed E-state index contributed by atoms with van der Waals surface area (Å²) in [7, 11) is -3.92. The predicted octanol–water partition coefficient (Wildman–Crippen LogP) is 4.77. The number of rotatable bonds is 9. The molecule has 1 amide bonds. The molecule has 0 aliphatic heterocycles. The van der Waals surface area contributed by atoms with Gasteiger partial charge in [0.15, 0.2) is 15.0 Å². The average molecular weight is 565 g/mol. The van der Waals surface area contributed by atoms with Gasteiger partial charge in [-0.2, -0.15) is 0 Å². The molecule has 0 aliphatic rings. The third-order valence-electron chi connectivity index (χ3n) is 4.89. The molecular formula is C21H24BrClFN3O3S2. The molecule has 0 bridgehead atoms. The number of hydrogen-bond acceptors (Lipinski definition) is 6. The van der Waals surface area contributed by atoms with Crippen molar-refractivity contribution >= 4 is 70.8 Å². The maximum atomic E-state index is 13.2. The molecule has 0 aliphatic carbocycles. The second-order valence-corrected chi connectivity index (χ2v) is 10.8. The van der Waals surface area contributed by atoms with Gasteiger partial charge < -0.3 is 4.90 Å². The van der Waals surface area contributed by atoms with Crippen LogP contribution < -0.4 is 4.90 Å². The average Bonchev–Trinajstić information content (AvgIpc) is 3.13. The van der Waals surface area contributed by atoms with Crippen molar-refractivity contribution in [2.75, 3.05) is 36.8 Å². The van der Waals surface area contributed by atoms with Crippen LogP contribution in [0, 0.1) is 5.82 Å². The van der Waals surface area contributed by atoms with Crippen LogP contribution in [0.2, 0.25) is 0 Å². The highest BCUT2D eigenvalue weighted by molar-refractivity contribution is 9.10. The number of nitrogens with zero attached hydrogens (tertiary/aromatic N) is 3. The van der Waals surface area contributed by atoms with Crippen LogP contribution in [0.15, 0.2) is 51.8 Å². The summed E-state index contributed by atoms with van der Waals surface area (Å²) in [5.74, 6) is -1.81. The molecule has 0 saturated carbocycles. The van der Waals surface area contributed by atoms with Gasteiger partial charge in [0, 0.05) is 17.6 Å². The Kier molecular flexibility index (Phi) is 9.59. The largest absolute Gasteiger partial charge is 0.302 e. The van der Waals surface area contributed by atoms with E-state index in [9.17, 15) is 17.6 Å². The second kappa shape index (κ2) is 11.5. The van der Waals surface area contributed by atoms with Crippen molar-refractivity contribution in [1.82, 2.24) is 9.88 Å². The molecule has 0 saturated heterocycles. The van der Waals surface area contributed by atoms with E-state index in [1.165, 1.54) is 28.4 Å². The van der Waals surface area contributed by atoms with Crippen molar-refractivity contribution < 1.29 is 17.6 Å². The van der Waals surface area contributed by atoms with Crippen LogP contribution in [0.25, 0.3) is 10.2 Å². The van der Waals surface area contributed by atoms with Crippen molar-refractivity contribution in [3.8, 4) is 0 Å². The Bertz CT molecular complexity index is 1170. The molecule has 0 radical (unpaired) electrons. The summed E-state index contributed by atoms with van der Waals surface area (Å²) in [4.78, 5) is 21.2. The standard InChI is InChI=1S/C21H23BrFN3O3S2.ClH/c1-3-25(4-2)11-12-26(21-24-18-10-5-15(22)13-19(18)30-21)20(27)14-31(28,29)17-8-6-16(23)7-9-17;/h5-10,13H,3-4,11-12,14H2,1-2H3;1H. The highest BCUT2D eigenvalue weighted by Crippen LogP contribution is 2.31. The Morgan fingerprint density at radius 2 is 1.75 bits per heavy atom. The summed E-state index contributed by atoms with van der Waals surface area (Å²) in [5, 5.41) is 0.458. The van der Waals surface area contributed by atoms with Crippen molar-refractivity contribution in [3.63, 3.8) is 0 Å². The summed E-state index contributed by atoms with van der Waals surface area (Å²) >= 11 is 4.77. The number of carbonyl (C=O) groups is 1. The monoisotopic (exact) mass is 563 g/mol. The lowest BCUT2D eigenvalue weighted by Gasteiger charge is -2.24. The predicted molar refractivity (Wildman–Crippen MR) is 133 cm³/mol. The van der Waals surface area contributed by atoms with Gasteiger partial charge in [0.1, 0.15) is 11.6 Å². The summed E-state index contributed by atoms with van der Waals surface area (Å²) in [6.07, 6.45) is 0. The molecule has 1 heterocycles. The molecule has 0 fully saturated rings. The van der Waals surface area contributed by atoms with Crippen LogP contribution in [0.3, 0.4) is 0 Å². The van der Waals surface area contributed by atoms with Crippen LogP contribution in [-0.4, -0.2) is 56.1 Å². The summed E-state index contributed by atoms with van der Waals surface area (Å²) in [6.45, 7) is 6.61. The van der Waals surface area contributed by atoms with Gasteiger partial charge in [-0.3, -0.25) is 9.69 Å². The fourth-order valence-electron chi connectivity index (χ4n) is 3.08. The number of sulfone groups is 1. The topological polar surface area (TPSA) is 70.6 Å². The fraction of sp³-hybridized carbons (Fsp3) is 0.333. The zero-order valence-corrected chi connectivity index (χ0v) is 21.7. The van der Waals surface area contributed by atoms with E-state index in [0.717, 1.165) is 39.9 Å². The van der Waals surface area contributed by atoms with Gasteiger partial charge in [-0.1, -0.05) is 41.1 Å². The second-order valence-electron chi connectivity index (χ2n) is 6.89. The fourth-order valence-corrected chi connectivity index (χ4v) is 5.83. The number of aromatic nitrogens is 1. The van der Waals surface area contributed by atoms with Crippen molar-refractivity contribution in [2.24, 2.45) is 0 Å². The number of benzene rings is 2. The van der Waals surface area contributed by atoms with Gasteiger partial charge >= 0.3 is 0 Å². The lowest BCUT2D eigenvalue weighted by Crippen LogP contribution is -2.41. The minimum Gasteiger partial charge on any atom is -0.302 e. The minimum absolute atomic E-state index is 0. The first-order chi connectivity index (χ1) is 14.7. The normalized spacial score (nSPS) is 11.5. The van der Waals surface area contributed by atoms with Gasteiger partial charge in [0.2, 0.25) is 5.91 Å². The molecule has 2 aromatic carbocycles. The van der Waals surface area contributed by atoms with Crippen LogP contribution in [0.4, 0.5) is 9.52 Å². The Labute approximate surface area is 205 Å². The first-order valence-corrected chi connectivity index (χ1v) is 13.1. The molecule has 1 aromatic heterocycles. The summed E-state index contributed by atoms with van der Waals surface area (Å²) in [6, 6.07) is 10.1. The van der Waals surface area contributed by atoms with Crippen molar-refractivity contribution in [2.45, 2.75) is 18.7 Å². The lowest BCUT2D eigenvalue weighted by molar-refractivity contribution is -0.116. The Balaban J connectivity index is 0.00000363. The van der Waals surface area contributed by atoms with E-state index in [0.29, 0.717) is 18.2 Å². The van der Waals surface area contributed by atoms with E-state index in [1.807, 2.05) is 32.0 Å². The van der Waals surface area contributed by atoms with E-state index < -0.39 is 27.3 Å². The van der Waals surface area contributed by atoms with E-state index in [4.69, 9.17) is 0 Å². The number of carbonyl (C=O) groups excluding carboxylic acids is 1. The van der Waals surface area contributed by atoms with Gasteiger partial charge in [0.05, 0.1) is 15.1 Å². The third kappa shape index (κ3) is 6.48. The molecule has 11 heteroatoms. The lowest BCUT2D eigenvalue weighted by atomic mass is 10.3. The van der Waals surface area contributed by atoms with Gasteiger partial charge in [-0.15, -0.1) is 12.4 Å². The van der Waals surface area contributed by atoms with Crippen LogP contribution in [0.5, 0.6) is 0 Å². The minimum atomic E-state index is -3.92. The summed E-state index contributed by atoms with van der Waals surface area (Å²) in [5.41, 5.74) is 0.741. The van der Waals surface area contributed by atoms with E-state index in [1.54, 1.807) is 0 Å². The third-order valence-corrected chi connectivity index (χ3v) is 8.04. The zero-order chi connectivity index (χ0) is 22.6. The molecule has 3 aromatic rings. The number of likely N-dealkylation sites (N-methyl/N-ethyl adjacent to an activating group) is 1. The van der Waals surface area contributed by atoms with Crippen LogP contribution in [-0.2, 0) is 14.6 Å². The first kappa shape index (κ1) is 26.7. The van der Waals surface area contributed by atoms with Gasteiger partial charge in [-0.25, -0.2) is 17.8 Å². The molecule has 6 nitrogen and oxygen atoms in total. The van der Waals surface area contributed by atoms with Gasteiger partial charge in [-0.05, 0) is 55.6 Å². The SMILES string of the molecule is CCN(CC)CCN(C(=O)CS(=O)(=O)c1ccc(F)cc1)c1nc2ccc(Br)cc2s1.Cl. The molecular weight excluding hydrogens is 541 g/mol. The molecule has 0 atom stereocenters. The smallest absolute Gasteiger partial charge is 0.244 e. The Morgan fingerprint density at radius 3 is 2.38 bits per heavy atom. The maximum Gasteiger partial charge on any atom is 0.244 e. The van der Waals surface area contributed by atoms with E-state index in [-0.39, 0.29) is 17.3 Å². The Hall–Kier alpha value is -1.59. The van der Waals surface area contributed by atoms with E-state index in [2.05, 4.69) is 25.8 Å². The number of halogens is 3. The molecule has 0 N–H and O–H groups in total. The number of thiazole rings is 1. The van der Waals surface area contributed by atoms with Crippen LogP contribution in [0.1, 0.15) is 13.8 Å². The number of amides is 1. The number of fused-ring (bicyclic) bond motifs is 1. The zero-order valence-electron chi connectivity index (χ0n) is 17.6. The highest BCUT2D eigenvalue weighted by atomic mass is 79.9. The summed E-state index contributed by atoms with van der Waals surface area (Å²) < 4.78 is 40.5. The molecule has 3 rings (SSSR count). The highest BCUT2D eigenvalue weighted by Gasteiger charge is 2.27. The van der Waals surface area contributed by atoms with E-state index >= 15 is 0 Å². The van der Waals surface area contributed by atoms with Crippen LogP contribution >= 0.6 is 39.7 Å². The van der Waals surface area contributed by atoms with Crippen molar-refractivity contribution in [3.05, 3.63) is 52.8 Å². The molecule has 0 spiro atoms. The molecule has 174 valence electrons. The van der Waals surface area contributed by atoms with Gasteiger partial charge in [0.25, 0.3) is 0 Å². The maximum absolute atomic E-state index is 13.2. The van der Waals surface area contributed by atoms with Crippen molar-refractivity contribution in [1.29, 1.82) is 0 Å².